The molecule has 1 aliphatic rings. The minimum atomic E-state index is -0.288. The number of rotatable bonds is 3. The number of hydrogen-bond donors (Lipinski definition) is 2. The summed E-state index contributed by atoms with van der Waals surface area (Å²) in [6.07, 6.45) is 0. The third kappa shape index (κ3) is 3.00. The zero-order chi connectivity index (χ0) is 13.0. The number of morpholine rings is 1. The molecule has 1 atom stereocenters. The van der Waals surface area contributed by atoms with E-state index in [2.05, 4.69) is 10.6 Å². The van der Waals surface area contributed by atoms with Crippen LogP contribution in [0.2, 0.25) is 0 Å². The van der Waals surface area contributed by atoms with E-state index in [9.17, 15) is 4.79 Å². The number of methoxy groups -OCH3 is 1. The van der Waals surface area contributed by atoms with Gasteiger partial charge in [-0.2, -0.15) is 0 Å². The van der Waals surface area contributed by atoms with Crippen molar-refractivity contribution in [2.45, 2.75) is 13.0 Å². The number of aryl methyl sites for hydroxylation is 1. The number of anilines is 1. The van der Waals surface area contributed by atoms with E-state index in [4.69, 9.17) is 9.47 Å². The molecule has 2 rings (SSSR count). The van der Waals surface area contributed by atoms with Gasteiger partial charge in [-0.15, -0.1) is 0 Å². The summed E-state index contributed by atoms with van der Waals surface area (Å²) in [6, 6.07) is 5.31. The Bertz CT molecular complexity index is 428. The molecule has 0 aromatic heterocycles. The molecule has 0 spiro atoms. The molecular weight excluding hydrogens is 232 g/mol. The van der Waals surface area contributed by atoms with Crippen LogP contribution < -0.4 is 15.4 Å². The number of hydrogen-bond acceptors (Lipinski definition) is 4. The smallest absolute Gasteiger partial charge is 0.243 e. The summed E-state index contributed by atoms with van der Waals surface area (Å²) in [5, 5.41) is 6.01. The van der Waals surface area contributed by atoms with Gasteiger partial charge in [0.05, 0.1) is 20.3 Å². The van der Waals surface area contributed by atoms with Crippen molar-refractivity contribution in [3.63, 3.8) is 0 Å². The van der Waals surface area contributed by atoms with Crippen molar-refractivity contribution in [3.8, 4) is 5.75 Å². The van der Waals surface area contributed by atoms with Crippen LogP contribution in [0.5, 0.6) is 5.75 Å². The number of carbonyl (C=O) groups excluding carboxylic acids is 1. The second kappa shape index (κ2) is 5.84. The van der Waals surface area contributed by atoms with E-state index in [0.29, 0.717) is 19.8 Å². The number of ether oxygens (including phenoxy) is 2. The van der Waals surface area contributed by atoms with Crippen molar-refractivity contribution in [2.24, 2.45) is 0 Å². The van der Waals surface area contributed by atoms with Crippen LogP contribution in [-0.2, 0) is 9.53 Å². The first-order valence-corrected chi connectivity index (χ1v) is 5.97. The van der Waals surface area contributed by atoms with Crippen molar-refractivity contribution in [2.75, 3.05) is 32.2 Å². The highest BCUT2D eigenvalue weighted by atomic mass is 16.5. The summed E-state index contributed by atoms with van der Waals surface area (Å²) >= 11 is 0. The van der Waals surface area contributed by atoms with Crippen molar-refractivity contribution >= 4 is 11.6 Å². The van der Waals surface area contributed by atoms with E-state index in [1.807, 2.05) is 25.1 Å². The number of carbonyl (C=O) groups is 1. The fourth-order valence-electron chi connectivity index (χ4n) is 1.82. The number of amides is 1. The van der Waals surface area contributed by atoms with Crippen LogP contribution in [0.3, 0.4) is 0 Å². The van der Waals surface area contributed by atoms with Gasteiger partial charge in [0.2, 0.25) is 5.91 Å². The lowest BCUT2D eigenvalue weighted by Gasteiger charge is -2.23. The minimum Gasteiger partial charge on any atom is -0.497 e. The predicted molar refractivity (Wildman–Crippen MR) is 69.0 cm³/mol. The fraction of sp³-hybridized carbons (Fsp3) is 0.462. The lowest BCUT2D eigenvalue weighted by molar-refractivity contribution is -0.120. The first kappa shape index (κ1) is 12.9. The van der Waals surface area contributed by atoms with E-state index >= 15 is 0 Å². The molecule has 1 saturated heterocycles. The van der Waals surface area contributed by atoms with E-state index in [1.165, 1.54) is 0 Å². The molecule has 18 heavy (non-hydrogen) atoms. The van der Waals surface area contributed by atoms with Gasteiger partial charge < -0.3 is 20.1 Å². The summed E-state index contributed by atoms with van der Waals surface area (Å²) < 4.78 is 10.4. The molecule has 0 radical (unpaired) electrons. The molecular formula is C13H18N2O3. The fourth-order valence-corrected chi connectivity index (χ4v) is 1.82. The van der Waals surface area contributed by atoms with Gasteiger partial charge in [-0.1, -0.05) is 6.07 Å². The van der Waals surface area contributed by atoms with Gasteiger partial charge in [0, 0.05) is 18.3 Å². The average molecular weight is 250 g/mol. The van der Waals surface area contributed by atoms with Crippen molar-refractivity contribution < 1.29 is 14.3 Å². The third-order valence-corrected chi connectivity index (χ3v) is 2.94. The molecule has 1 amide bonds. The van der Waals surface area contributed by atoms with Crippen LogP contribution in [0.25, 0.3) is 0 Å². The zero-order valence-corrected chi connectivity index (χ0v) is 10.7. The molecule has 1 unspecified atom stereocenters. The first-order valence-electron chi connectivity index (χ1n) is 5.97. The van der Waals surface area contributed by atoms with Crippen LogP contribution in [0.15, 0.2) is 18.2 Å². The Morgan fingerprint density at radius 3 is 3.06 bits per heavy atom. The lowest BCUT2D eigenvalue weighted by Crippen LogP contribution is -2.48. The number of nitrogens with one attached hydrogen (secondary N) is 2. The van der Waals surface area contributed by atoms with Crippen LogP contribution in [-0.4, -0.2) is 38.8 Å². The second-order valence-electron chi connectivity index (χ2n) is 4.25. The van der Waals surface area contributed by atoms with Gasteiger partial charge in [-0.05, 0) is 18.6 Å². The highest BCUT2D eigenvalue weighted by Gasteiger charge is 2.21. The topological polar surface area (TPSA) is 59.6 Å². The van der Waals surface area contributed by atoms with Gasteiger partial charge in [0.25, 0.3) is 0 Å². The third-order valence-electron chi connectivity index (χ3n) is 2.94. The Kier molecular flexibility index (Phi) is 4.17. The molecule has 1 aromatic carbocycles. The Balaban J connectivity index is 2.05. The molecule has 0 bridgehead atoms. The maximum atomic E-state index is 12.0. The highest BCUT2D eigenvalue weighted by Crippen LogP contribution is 2.21. The van der Waals surface area contributed by atoms with Gasteiger partial charge in [0.1, 0.15) is 11.8 Å². The standard InChI is InChI=1S/C13H18N2O3/c1-9-3-4-10(17-2)7-11(9)15-13(16)12-8-18-6-5-14-12/h3-4,7,12,14H,5-6,8H2,1-2H3,(H,15,16). The molecule has 1 heterocycles. The summed E-state index contributed by atoms with van der Waals surface area (Å²) in [7, 11) is 1.60. The molecule has 5 nitrogen and oxygen atoms in total. The van der Waals surface area contributed by atoms with Crippen molar-refractivity contribution in [1.82, 2.24) is 5.32 Å². The SMILES string of the molecule is COc1ccc(C)c(NC(=O)C2COCCN2)c1. The molecule has 0 saturated carbocycles. The van der Waals surface area contributed by atoms with E-state index in [1.54, 1.807) is 7.11 Å². The average Bonchev–Trinajstić information content (AvgIpc) is 2.42. The van der Waals surface area contributed by atoms with E-state index < -0.39 is 0 Å². The van der Waals surface area contributed by atoms with Crippen LogP contribution in [0.4, 0.5) is 5.69 Å². The molecule has 1 fully saturated rings. The maximum absolute atomic E-state index is 12.0. The highest BCUT2D eigenvalue weighted by molar-refractivity contribution is 5.95. The molecule has 1 aliphatic heterocycles. The molecule has 1 aromatic rings. The van der Waals surface area contributed by atoms with E-state index in [-0.39, 0.29) is 11.9 Å². The summed E-state index contributed by atoms with van der Waals surface area (Å²) in [5.74, 6) is 0.648. The lowest BCUT2D eigenvalue weighted by atomic mass is 10.1. The van der Waals surface area contributed by atoms with Crippen molar-refractivity contribution in [1.29, 1.82) is 0 Å². The van der Waals surface area contributed by atoms with Crippen LogP contribution in [0, 0.1) is 6.92 Å². The van der Waals surface area contributed by atoms with Crippen LogP contribution >= 0.6 is 0 Å². The van der Waals surface area contributed by atoms with Crippen molar-refractivity contribution in [3.05, 3.63) is 23.8 Å². The summed E-state index contributed by atoms with van der Waals surface area (Å²) in [4.78, 5) is 12.0. The van der Waals surface area contributed by atoms with Gasteiger partial charge in [0.15, 0.2) is 0 Å². The zero-order valence-electron chi connectivity index (χ0n) is 10.7. The Hall–Kier alpha value is -1.59. The Morgan fingerprint density at radius 2 is 2.39 bits per heavy atom. The largest absolute Gasteiger partial charge is 0.497 e. The summed E-state index contributed by atoms with van der Waals surface area (Å²) in [5.41, 5.74) is 1.77. The van der Waals surface area contributed by atoms with Gasteiger partial charge in [-0.3, -0.25) is 4.79 Å². The first-order chi connectivity index (χ1) is 8.70. The molecule has 2 N–H and O–H groups in total. The number of benzene rings is 1. The van der Waals surface area contributed by atoms with Crippen LogP contribution in [0.1, 0.15) is 5.56 Å². The minimum absolute atomic E-state index is 0.0777. The second-order valence-corrected chi connectivity index (χ2v) is 4.25. The molecule has 0 aliphatic carbocycles. The Morgan fingerprint density at radius 1 is 1.56 bits per heavy atom. The molecule has 5 heteroatoms. The van der Waals surface area contributed by atoms with Gasteiger partial charge >= 0.3 is 0 Å². The summed E-state index contributed by atoms with van der Waals surface area (Å²) in [6.45, 7) is 3.71. The maximum Gasteiger partial charge on any atom is 0.243 e. The quantitative estimate of drug-likeness (QED) is 0.838. The normalized spacial score (nSPS) is 19.3. The molecule has 98 valence electrons. The van der Waals surface area contributed by atoms with E-state index in [0.717, 1.165) is 17.0 Å². The predicted octanol–water partition coefficient (Wildman–Crippen LogP) is 0.931. The Labute approximate surface area is 106 Å². The van der Waals surface area contributed by atoms with Gasteiger partial charge in [-0.25, -0.2) is 0 Å². The monoisotopic (exact) mass is 250 g/mol.